The molecule has 2 heterocycles. The van der Waals surface area contributed by atoms with Gasteiger partial charge in [-0.2, -0.15) is 0 Å². The highest BCUT2D eigenvalue weighted by atomic mass is 35.5. The molecular weight excluding hydrogens is 251 g/mol. The molecule has 0 aliphatic heterocycles. The third-order valence-electron chi connectivity index (χ3n) is 1.75. The van der Waals surface area contributed by atoms with E-state index < -0.39 is 0 Å². The van der Waals surface area contributed by atoms with Crippen molar-refractivity contribution in [2.24, 2.45) is 0 Å². The first-order chi connectivity index (χ1) is 7.65. The van der Waals surface area contributed by atoms with Gasteiger partial charge in [0.2, 0.25) is 5.28 Å². The van der Waals surface area contributed by atoms with Crippen molar-refractivity contribution in [3.05, 3.63) is 40.5 Å². The number of amides is 1. The smallest absolute Gasteiger partial charge is 0.273 e. The summed E-state index contributed by atoms with van der Waals surface area (Å²) in [5.74, 6) is -0.0690. The van der Waals surface area contributed by atoms with Gasteiger partial charge in [-0.3, -0.25) is 4.79 Å². The van der Waals surface area contributed by atoms with E-state index in [4.69, 9.17) is 23.2 Å². The lowest BCUT2D eigenvalue weighted by Gasteiger charge is -2.03. The number of nitrogens with one attached hydrogen (secondary N) is 2. The predicted octanol–water partition coefficient (Wildman–Crippen LogP) is 2.36. The molecule has 0 saturated heterocycles. The van der Waals surface area contributed by atoms with Crippen LogP contribution in [0.1, 0.15) is 10.5 Å². The Balaban J connectivity index is 2.18. The van der Waals surface area contributed by atoms with Crippen LogP contribution in [0, 0.1) is 0 Å². The summed E-state index contributed by atoms with van der Waals surface area (Å²) in [6.45, 7) is 0. The average molecular weight is 257 g/mol. The Morgan fingerprint density at radius 3 is 2.81 bits per heavy atom. The summed E-state index contributed by atoms with van der Waals surface area (Å²) in [6.07, 6.45) is 1.65. The summed E-state index contributed by atoms with van der Waals surface area (Å²) >= 11 is 11.3. The van der Waals surface area contributed by atoms with E-state index in [9.17, 15) is 4.79 Å². The molecule has 0 unspecified atom stereocenters. The third kappa shape index (κ3) is 2.50. The fourth-order valence-electron chi connectivity index (χ4n) is 1.11. The zero-order valence-corrected chi connectivity index (χ0v) is 9.38. The molecule has 0 aliphatic carbocycles. The summed E-state index contributed by atoms with van der Waals surface area (Å²) in [6, 6.07) is 4.77. The van der Waals surface area contributed by atoms with E-state index in [1.165, 1.54) is 6.07 Å². The molecule has 0 fully saturated rings. The van der Waals surface area contributed by atoms with Gasteiger partial charge in [0.1, 0.15) is 16.7 Å². The summed E-state index contributed by atoms with van der Waals surface area (Å²) in [4.78, 5) is 21.8. The van der Waals surface area contributed by atoms with Gasteiger partial charge < -0.3 is 10.3 Å². The molecule has 5 nitrogen and oxygen atoms in total. The van der Waals surface area contributed by atoms with Crippen molar-refractivity contribution in [3.8, 4) is 0 Å². The lowest BCUT2D eigenvalue weighted by molar-refractivity contribution is 0.102. The van der Waals surface area contributed by atoms with Crippen LogP contribution in [0.3, 0.4) is 0 Å². The van der Waals surface area contributed by atoms with Crippen LogP contribution in [0.5, 0.6) is 0 Å². The summed E-state index contributed by atoms with van der Waals surface area (Å²) < 4.78 is 0. The minimum absolute atomic E-state index is 0.0192. The number of hydrogen-bond acceptors (Lipinski definition) is 3. The summed E-state index contributed by atoms with van der Waals surface area (Å²) in [5, 5.41) is 2.68. The van der Waals surface area contributed by atoms with E-state index in [2.05, 4.69) is 20.3 Å². The number of carbonyl (C=O) groups is 1. The molecule has 0 saturated carbocycles. The second-order valence-electron chi connectivity index (χ2n) is 2.88. The van der Waals surface area contributed by atoms with E-state index in [0.717, 1.165) is 0 Å². The van der Waals surface area contributed by atoms with Crippen molar-refractivity contribution in [1.82, 2.24) is 15.0 Å². The minimum Gasteiger partial charge on any atom is -0.357 e. The van der Waals surface area contributed by atoms with Gasteiger partial charge in [0, 0.05) is 12.3 Å². The number of aromatic amines is 1. The Hall–Kier alpha value is -1.59. The first-order valence-corrected chi connectivity index (χ1v) is 5.05. The van der Waals surface area contributed by atoms with Crippen molar-refractivity contribution in [3.63, 3.8) is 0 Å². The molecule has 2 rings (SSSR count). The molecule has 0 aliphatic rings. The molecule has 7 heteroatoms. The van der Waals surface area contributed by atoms with Crippen LogP contribution < -0.4 is 5.32 Å². The Kier molecular flexibility index (Phi) is 3.07. The van der Waals surface area contributed by atoms with Gasteiger partial charge in [0.05, 0.1) is 0 Å². The highest BCUT2D eigenvalue weighted by Gasteiger charge is 2.08. The minimum atomic E-state index is -0.323. The standard InChI is InChI=1S/C9H6Cl2N4O/c10-6-4-7(15-9(11)13-6)14-8(16)5-2-1-3-12-5/h1-4,12H,(H,13,14,15,16). The van der Waals surface area contributed by atoms with Crippen LogP contribution >= 0.6 is 23.2 Å². The number of rotatable bonds is 2. The molecule has 0 aromatic carbocycles. The molecule has 82 valence electrons. The fourth-order valence-corrected chi connectivity index (χ4v) is 1.52. The second kappa shape index (κ2) is 4.51. The Bertz CT molecular complexity index is 492. The van der Waals surface area contributed by atoms with Gasteiger partial charge in [0.25, 0.3) is 5.91 Å². The monoisotopic (exact) mass is 256 g/mol. The maximum absolute atomic E-state index is 11.6. The van der Waals surface area contributed by atoms with Crippen LogP contribution in [0.2, 0.25) is 10.4 Å². The van der Waals surface area contributed by atoms with Gasteiger partial charge in [0.15, 0.2) is 0 Å². The Labute approximate surface area is 101 Å². The van der Waals surface area contributed by atoms with Crippen LogP contribution in [0.4, 0.5) is 5.82 Å². The zero-order chi connectivity index (χ0) is 11.5. The first-order valence-electron chi connectivity index (χ1n) is 4.30. The molecule has 2 N–H and O–H groups in total. The number of aromatic nitrogens is 3. The Morgan fingerprint density at radius 1 is 1.38 bits per heavy atom. The maximum Gasteiger partial charge on any atom is 0.273 e. The van der Waals surface area contributed by atoms with Gasteiger partial charge in [-0.05, 0) is 23.7 Å². The van der Waals surface area contributed by atoms with Crippen LogP contribution in [0.25, 0.3) is 0 Å². The largest absolute Gasteiger partial charge is 0.357 e. The lowest BCUT2D eigenvalue weighted by atomic mass is 10.4. The van der Waals surface area contributed by atoms with E-state index in [1.54, 1.807) is 18.3 Å². The first kappa shape index (κ1) is 10.9. The quantitative estimate of drug-likeness (QED) is 0.640. The highest BCUT2D eigenvalue weighted by Crippen LogP contribution is 2.14. The van der Waals surface area contributed by atoms with E-state index in [1.807, 2.05) is 0 Å². The van der Waals surface area contributed by atoms with Crippen molar-refractivity contribution in [2.75, 3.05) is 5.32 Å². The van der Waals surface area contributed by atoms with Gasteiger partial charge in [-0.15, -0.1) is 0 Å². The molecule has 0 atom stereocenters. The molecular formula is C9H6Cl2N4O. The molecule has 0 radical (unpaired) electrons. The van der Waals surface area contributed by atoms with Crippen molar-refractivity contribution >= 4 is 34.9 Å². The molecule has 1 amide bonds. The number of carbonyl (C=O) groups excluding carboxylic acids is 1. The highest BCUT2D eigenvalue weighted by molar-refractivity contribution is 6.32. The average Bonchev–Trinajstić information content (AvgIpc) is 2.68. The van der Waals surface area contributed by atoms with E-state index in [0.29, 0.717) is 5.69 Å². The van der Waals surface area contributed by atoms with E-state index >= 15 is 0 Å². The fraction of sp³-hybridized carbons (Fsp3) is 0. The van der Waals surface area contributed by atoms with Gasteiger partial charge in [-0.25, -0.2) is 9.97 Å². The van der Waals surface area contributed by atoms with Crippen molar-refractivity contribution in [2.45, 2.75) is 0 Å². The van der Waals surface area contributed by atoms with Crippen molar-refractivity contribution in [1.29, 1.82) is 0 Å². The number of anilines is 1. The molecule has 16 heavy (non-hydrogen) atoms. The van der Waals surface area contributed by atoms with Crippen LogP contribution in [0.15, 0.2) is 24.4 Å². The molecule has 2 aromatic rings. The number of hydrogen-bond donors (Lipinski definition) is 2. The SMILES string of the molecule is O=C(Nc1cc(Cl)nc(Cl)n1)c1ccc[nH]1. The Morgan fingerprint density at radius 2 is 2.19 bits per heavy atom. The summed E-state index contributed by atoms with van der Waals surface area (Å²) in [7, 11) is 0. The third-order valence-corrected chi connectivity index (χ3v) is 2.11. The van der Waals surface area contributed by atoms with Crippen LogP contribution in [-0.2, 0) is 0 Å². The number of halogens is 2. The molecule has 0 bridgehead atoms. The van der Waals surface area contributed by atoms with Gasteiger partial charge in [-0.1, -0.05) is 11.6 Å². The van der Waals surface area contributed by atoms with Crippen LogP contribution in [-0.4, -0.2) is 20.9 Å². The van der Waals surface area contributed by atoms with Gasteiger partial charge >= 0.3 is 0 Å². The number of nitrogens with zero attached hydrogens (tertiary/aromatic N) is 2. The number of H-pyrrole nitrogens is 1. The predicted molar refractivity (Wildman–Crippen MR) is 60.8 cm³/mol. The maximum atomic E-state index is 11.6. The second-order valence-corrected chi connectivity index (χ2v) is 3.61. The molecule has 0 spiro atoms. The summed E-state index contributed by atoms with van der Waals surface area (Å²) in [5.41, 5.74) is 0.422. The van der Waals surface area contributed by atoms with Crippen molar-refractivity contribution < 1.29 is 4.79 Å². The topological polar surface area (TPSA) is 70.7 Å². The zero-order valence-electron chi connectivity index (χ0n) is 7.87. The lowest BCUT2D eigenvalue weighted by Crippen LogP contribution is -2.13. The van der Waals surface area contributed by atoms with E-state index in [-0.39, 0.29) is 22.2 Å². The molecule has 2 aromatic heterocycles. The normalized spacial score (nSPS) is 10.1.